The Morgan fingerprint density at radius 1 is 0.900 bits per heavy atom. The van der Waals surface area contributed by atoms with Gasteiger partial charge in [0.05, 0.1) is 0 Å². The van der Waals surface area contributed by atoms with E-state index in [1.165, 1.54) is 11.1 Å². The molecular formula is C18H32N2. The van der Waals surface area contributed by atoms with Gasteiger partial charge in [-0.3, -0.25) is 0 Å². The largest absolute Gasteiger partial charge is 0.308 e. The van der Waals surface area contributed by atoms with Gasteiger partial charge in [0.2, 0.25) is 0 Å². The minimum Gasteiger partial charge on any atom is -0.308 e. The van der Waals surface area contributed by atoms with E-state index in [1.807, 2.05) is 0 Å². The van der Waals surface area contributed by atoms with Crippen molar-refractivity contribution in [3.8, 4) is 0 Å². The summed E-state index contributed by atoms with van der Waals surface area (Å²) in [7, 11) is 2.19. The molecule has 0 unspecified atom stereocenters. The molecule has 114 valence electrons. The van der Waals surface area contributed by atoms with Gasteiger partial charge in [0.25, 0.3) is 0 Å². The van der Waals surface area contributed by atoms with Crippen molar-refractivity contribution in [2.75, 3.05) is 13.6 Å². The van der Waals surface area contributed by atoms with Gasteiger partial charge in [0.1, 0.15) is 0 Å². The molecule has 0 aliphatic carbocycles. The second-order valence-electron chi connectivity index (χ2n) is 8.15. The van der Waals surface area contributed by atoms with Crippen molar-refractivity contribution in [1.82, 2.24) is 10.2 Å². The van der Waals surface area contributed by atoms with Crippen LogP contribution in [0.25, 0.3) is 0 Å². The van der Waals surface area contributed by atoms with Crippen LogP contribution in [0.2, 0.25) is 0 Å². The van der Waals surface area contributed by atoms with E-state index in [2.05, 4.69) is 83.1 Å². The fourth-order valence-electron chi connectivity index (χ4n) is 2.31. The fraction of sp³-hybridized carbons (Fsp3) is 0.667. The van der Waals surface area contributed by atoms with E-state index in [0.717, 1.165) is 19.6 Å². The quantitative estimate of drug-likeness (QED) is 0.872. The third-order valence-electron chi connectivity index (χ3n) is 3.04. The summed E-state index contributed by atoms with van der Waals surface area (Å²) in [6.07, 6.45) is 0. The van der Waals surface area contributed by atoms with Crippen molar-refractivity contribution in [3.63, 3.8) is 0 Å². The Balaban J connectivity index is 2.50. The lowest BCUT2D eigenvalue weighted by Crippen LogP contribution is -2.35. The highest BCUT2D eigenvalue weighted by Gasteiger charge is 2.13. The Morgan fingerprint density at radius 3 is 1.85 bits per heavy atom. The van der Waals surface area contributed by atoms with Crippen molar-refractivity contribution < 1.29 is 0 Å². The van der Waals surface area contributed by atoms with Crippen LogP contribution in [0.15, 0.2) is 24.3 Å². The predicted molar refractivity (Wildman–Crippen MR) is 88.8 cm³/mol. The summed E-state index contributed by atoms with van der Waals surface area (Å²) in [5, 5.41) is 3.52. The zero-order chi connectivity index (χ0) is 15.4. The van der Waals surface area contributed by atoms with E-state index in [-0.39, 0.29) is 5.54 Å². The molecule has 2 heteroatoms. The number of nitrogens with zero attached hydrogens (tertiary/aromatic N) is 1. The summed E-state index contributed by atoms with van der Waals surface area (Å²) < 4.78 is 0. The molecule has 1 aromatic carbocycles. The molecule has 1 aromatic rings. The molecule has 0 saturated heterocycles. The van der Waals surface area contributed by atoms with Gasteiger partial charge in [-0.1, -0.05) is 45.0 Å². The minimum absolute atomic E-state index is 0.172. The highest BCUT2D eigenvalue weighted by Crippen LogP contribution is 2.16. The number of nitrogens with one attached hydrogen (secondary N) is 1. The van der Waals surface area contributed by atoms with Crippen LogP contribution in [0.3, 0.4) is 0 Å². The third kappa shape index (κ3) is 7.66. The van der Waals surface area contributed by atoms with Gasteiger partial charge in [-0.25, -0.2) is 0 Å². The number of hydrogen-bond acceptors (Lipinski definition) is 2. The maximum absolute atomic E-state index is 3.52. The SMILES string of the molecule is CN(Cc1ccc(CNC(C)(C)C)cc1)CC(C)(C)C. The number of rotatable bonds is 5. The molecule has 0 aliphatic heterocycles. The Kier molecular flexibility index (Phi) is 5.79. The summed E-state index contributed by atoms with van der Waals surface area (Å²) in [4.78, 5) is 2.39. The van der Waals surface area contributed by atoms with Gasteiger partial charge >= 0.3 is 0 Å². The topological polar surface area (TPSA) is 15.3 Å². The molecule has 0 atom stereocenters. The molecule has 2 nitrogen and oxygen atoms in total. The average Bonchev–Trinajstić information content (AvgIpc) is 2.24. The average molecular weight is 276 g/mol. The van der Waals surface area contributed by atoms with E-state index in [0.29, 0.717) is 5.41 Å². The van der Waals surface area contributed by atoms with Gasteiger partial charge in [-0.2, -0.15) is 0 Å². The van der Waals surface area contributed by atoms with Crippen LogP contribution in [0.5, 0.6) is 0 Å². The second kappa shape index (κ2) is 6.73. The first-order valence-corrected chi connectivity index (χ1v) is 7.57. The van der Waals surface area contributed by atoms with E-state index in [4.69, 9.17) is 0 Å². The molecule has 20 heavy (non-hydrogen) atoms. The van der Waals surface area contributed by atoms with E-state index in [1.54, 1.807) is 0 Å². The predicted octanol–water partition coefficient (Wildman–Crippen LogP) is 4.05. The zero-order valence-corrected chi connectivity index (χ0v) is 14.4. The summed E-state index contributed by atoms with van der Waals surface area (Å²) in [5.41, 5.74) is 3.26. The summed E-state index contributed by atoms with van der Waals surface area (Å²) in [5.74, 6) is 0. The van der Waals surface area contributed by atoms with Gasteiger partial charge < -0.3 is 10.2 Å². The van der Waals surface area contributed by atoms with Gasteiger partial charge in [0.15, 0.2) is 0 Å². The van der Waals surface area contributed by atoms with Crippen LogP contribution in [0.4, 0.5) is 0 Å². The monoisotopic (exact) mass is 276 g/mol. The maximum Gasteiger partial charge on any atom is 0.0230 e. The fourth-order valence-corrected chi connectivity index (χ4v) is 2.31. The third-order valence-corrected chi connectivity index (χ3v) is 3.04. The highest BCUT2D eigenvalue weighted by molar-refractivity contribution is 5.22. The van der Waals surface area contributed by atoms with Crippen LogP contribution in [0.1, 0.15) is 52.7 Å². The lowest BCUT2D eigenvalue weighted by Gasteiger charge is -2.26. The van der Waals surface area contributed by atoms with Crippen molar-refractivity contribution in [3.05, 3.63) is 35.4 Å². The Hall–Kier alpha value is -0.860. The molecule has 0 spiro atoms. The molecule has 0 aromatic heterocycles. The van der Waals surface area contributed by atoms with Crippen LogP contribution in [-0.2, 0) is 13.1 Å². The standard InChI is InChI=1S/C18H32N2/c1-17(2,3)14-20(7)13-16-10-8-15(9-11-16)12-19-18(4,5)6/h8-11,19H,12-14H2,1-7H3. The molecule has 0 radical (unpaired) electrons. The molecule has 1 rings (SSSR count). The van der Waals surface area contributed by atoms with Crippen molar-refractivity contribution in [2.24, 2.45) is 5.41 Å². The van der Waals surface area contributed by atoms with Gasteiger partial charge in [0, 0.05) is 25.2 Å². The second-order valence-corrected chi connectivity index (χ2v) is 8.15. The molecule has 0 saturated carbocycles. The summed E-state index contributed by atoms with van der Waals surface area (Å²) in [6.45, 7) is 16.5. The Labute approximate surface area is 125 Å². The molecule has 0 amide bonds. The molecule has 1 N–H and O–H groups in total. The summed E-state index contributed by atoms with van der Waals surface area (Å²) >= 11 is 0. The molecule has 0 heterocycles. The zero-order valence-electron chi connectivity index (χ0n) is 14.4. The van der Waals surface area contributed by atoms with Crippen molar-refractivity contribution in [1.29, 1.82) is 0 Å². The Morgan fingerprint density at radius 2 is 1.40 bits per heavy atom. The number of hydrogen-bond donors (Lipinski definition) is 1. The molecule has 0 fully saturated rings. The summed E-state index contributed by atoms with van der Waals surface area (Å²) in [6, 6.07) is 8.97. The van der Waals surface area contributed by atoms with Crippen LogP contribution < -0.4 is 5.32 Å². The van der Waals surface area contributed by atoms with Crippen LogP contribution in [0, 0.1) is 5.41 Å². The lowest BCUT2D eigenvalue weighted by atomic mass is 9.96. The first kappa shape index (κ1) is 17.2. The smallest absolute Gasteiger partial charge is 0.0230 e. The minimum atomic E-state index is 0.172. The van der Waals surface area contributed by atoms with Crippen LogP contribution in [-0.4, -0.2) is 24.0 Å². The maximum atomic E-state index is 3.52. The van der Waals surface area contributed by atoms with Gasteiger partial charge in [-0.15, -0.1) is 0 Å². The van der Waals surface area contributed by atoms with E-state index in [9.17, 15) is 0 Å². The molecular weight excluding hydrogens is 244 g/mol. The van der Waals surface area contributed by atoms with Crippen molar-refractivity contribution >= 4 is 0 Å². The lowest BCUT2D eigenvalue weighted by molar-refractivity contribution is 0.221. The molecule has 0 bridgehead atoms. The first-order chi connectivity index (χ1) is 9.05. The highest BCUT2D eigenvalue weighted by atomic mass is 15.1. The Bertz CT molecular complexity index is 393. The van der Waals surface area contributed by atoms with Crippen LogP contribution >= 0.6 is 0 Å². The normalized spacial score (nSPS) is 13.0. The van der Waals surface area contributed by atoms with Gasteiger partial charge in [-0.05, 0) is 44.4 Å². The van der Waals surface area contributed by atoms with E-state index >= 15 is 0 Å². The molecule has 0 aliphatic rings. The number of benzene rings is 1. The van der Waals surface area contributed by atoms with E-state index < -0.39 is 0 Å². The van der Waals surface area contributed by atoms with Crippen molar-refractivity contribution in [2.45, 2.75) is 60.2 Å². The first-order valence-electron chi connectivity index (χ1n) is 7.57.